The Bertz CT molecular complexity index is 580. The first-order chi connectivity index (χ1) is 11.1. The molecule has 1 fully saturated rings. The van der Waals surface area contributed by atoms with Crippen molar-refractivity contribution >= 4 is 6.03 Å². The van der Waals surface area contributed by atoms with Gasteiger partial charge < -0.3 is 20.1 Å². The van der Waals surface area contributed by atoms with Crippen LogP contribution in [-0.2, 0) is 24.3 Å². The van der Waals surface area contributed by atoms with E-state index in [1.807, 2.05) is 6.92 Å². The van der Waals surface area contributed by atoms with E-state index in [0.717, 1.165) is 30.5 Å². The van der Waals surface area contributed by atoms with Gasteiger partial charge in [-0.05, 0) is 19.3 Å². The zero-order chi connectivity index (χ0) is 16.3. The van der Waals surface area contributed by atoms with E-state index in [1.54, 1.807) is 11.1 Å². The number of piperidine rings is 1. The van der Waals surface area contributed by atoms with Gasteiger partial charge in [0.05, 0.1) is 37.6 Å². The molecule has 1 unspecified atom stereocenters. The van der Waals surface area contributed by atoms with Crippen LogP contribution in [0.5, 0.6) is 0 Å². The van der Waals surface area contributed by atoms with Crippen molar-refractivity contribution in [1.29, 1.82) is 0 Å². The highest BCUT2D eigenvalue weighted by Gasteiger charge is 2.33. The van der Waals surface area contributed by atoms with E-state index in [4.69, 9.17) is 4.74 Å². The Labute approximate surface area is 136 Å². The van der Waals surface area contributed by atoms with Crippen LogP contribution >= 0.6 is 0 Å². The number of hydrogen-bond donors (Lipinski definition) is 2. The van der Waals surface area contributed by atoms with Crippen LogP contribution in [0.3, 0.4) is 0 Å². The van der Waals surface area contributed by atoms with Crippen LogP contribution in [0.1, 0.15) is 43.3 Å². The van der Waals surface area contributed by atoms with Crippen LogP contribution in [0.4, 0.5) is 4.79 Å². The van der Waals surface area contributed by atoms with Crippen molar-refractivity contribution in [2.75, 3.05) is 19.7 Å². The monoisotopic (exact) mass is 320 g/mol. The molecule has 3 rings (SSSR count). The highest BCUT2D eigenvalue weighted by Crippen LogP contribution is 2.24. The van der Waals surface area contributed by atoms with Crippen molar-refractivity contribution in [2.45, 2.75) is 51.4 Å². The maximum absolute atomic E-state index is 12.3. The molecule has 1 saturated heterocycles. The highest BCUT2D eigenvalue weighted by atomic mass is 16.5. The summed E-state index contributed by atoms with van der Waals surface area (Å²) < 4.78 is 5.36. The van der Waals surface area contributed by atoms with Crippen molar-refractivity contribution in [1.82, 2.24) is 20.2 Å². The number of likely N-dealkylation sites (tertiary alicyclic amines) is 1. The third-order valence-electron chi connectivity index (χ3n) is 4.64. The first-order valence-corrected chi connectivity index (χ1v) is 8.26. The normalized spacial score (nSPS) is 24.2. The fraction of sp³-hybridized carbons (Fsp3) is 0.688. The molecule has 1 aromatic rings. The Morgan fingerprint density at radius 1 is 1.57 bits per heavy atom. The number of aliphatic hydroxyl groups is 1. The minimum absolute atomic E-state index is 0.166. The number of urea groups is 1. The third kappa shape index (κ3) is 3.79. The molecular weight excluding hydrogens is 296 g/mol. The summed E-state index contributed by atoms with van der Waals surface area (Å²) >= 11 is 0. The summed E-state index contributed by atoms with van der Waals surface area (Å²) in [6.07, 6.45) is 4.80. The Morgan fingerprint density at radius 2 is 2.43 bits per heavy atom. The molecule has 2 amide bonds. The first-order valence-electron chi connectivity index (χ1n) is 8.26. The van der Waals surface area contributed by atoms with E-state index in [2.05, 4.69) is 15.3 Å². The summed E-state index contributed by atoms with van der Waals surface area (Å²) in [6.45, 7) is 4.55. The van der Waals surface area contributed by atoms with Gasteiger partial charge in [0.1, 0.15) is 5.82 Å². The number of ether oxygens (including phenoxy) is 1. The summed E-state index contributed by atoms with van der Waals surface area (Å²) in [7, 11) is 0. The molecule has 0 radical (unpaired) electrons. The summed E-state index contributed by atoms with van der Waals surface area (Å²) in [5, 5.41) is 13.2. The molecule has 2 N–H and O–H groups in total. The molecule has 0 bridgehead atoms. The lowest BCUT2D eigenvalue weighted by molar-refractivity contribution is -0.0211. The van der Waals surface area contributed by atoms with Crippen LogP contribution in [0, 0.1) is 0 Å². The Kier molecular flexibility index (Phi) is 4.77. The van der Waals surface area contributed by atoms with Gasteiger partial charge in [0.25, 0.3) is 0 Å². The molecule has 3 heterocycles. The maximum Gasteiger partial charge on any atom is 0.317 e. The number of nitrogens with zero attached hydrogens (tertiary/aromatic N) is 3. The summed E-state index contributed by atoms with van der Waals surface area (Å²) in [5.74, 6) is 0.613. The quantitative estimate of drug-likeness (QED) is 0.867. The van der Waals surface area contributed by atoms with Gasteiger partial charge >= 0.3 is 6.03 Å². The standard InChI is InChI=1S/C16H24N4O3/c1-2-16(22)5-3-6-20(11-16)15(21)18-9-14-17-8-12-10-23-7-4-13(12)19-14/h8,22H,2-7,9-11H2,1H3,(H,18,21). The number of hydrogen-bond acceptors (Lipinski definition) is 5. The Morgan fingerprint density at radius 3 is 3.26 bits per heavy atom. The van der Waals surface area contributed by atoms with Gasteiger partial charge in [-0.15, -0.1) is 0 Å². The average molecular weight is 320 g/mol. The van der Waals surface area contributed by atoms with Crippen molar-refractivity contribution in [3.63, 3.8) is 0 Å². The summed E-state index contributed by atoms with van der Waals surface area (Å²) in [5.41, 5.74) is 1.28. The molecule has 2 aliphatic heterocycles. The second-order valence-electron chi connectivity index (χ2n) is 6.32. The lowest BCUT2D eigenvalue weighted by Crippen LogP contribution is -2.52. The topological polar surface area (TPSA) is 87.6 Å². The van der Waals surface area contributed by atoms with Gasteiger partial charge in [-0.1, -0.05) is 6.92 Å². The Hall–Kier alpha value is -1.73. The summed E-state index contributed by atoms with van der Waals surface area (Å²) in [4.78, 5) is 22.8. The molecule has 1 aromatic heterocycles. The van der Waals surface area contributed by atoms with E-state index in [1.165, 1.54) is 0 Å². The first kappa shape index (κ1) is 16.1. The number of carbonyl (C=O) groups excluding carboxylic acids is 1. The minimum atomic E-state index is -0.752. The van der Waals surface area contributed by atoms with Crippen molar-refractivity contribution in [2.24, 2.45) is 0 Å². The van der Waals surface area contributed by atoms with Crippen molar-refractivity contribution in [3.05, 3.63) is 23.3 Å². The number of rotatable bonds is 3. The van der Waals surface area contributed by atoms with Gasteiger partial charge in [0.15, 0.2) is 0 Å². The van der Waals surface area contributed by atoms with Crippen LogP contribution in [0.25, 0.3) is 0 Å². The molecular formula is C16H24N4O3. The zero-order valence-corrected chi connectivity index (χ0v) is 13.5. The summed E-state index contributed by atoms with van der Waals surface area (Å²) in [6, 6.07) is -0.166. The van der Waals surface area contributed by atoms with Gasteiger partial charge in [0.2, 0.25) is 0 Å². The number of nitrogens with one attached hydrogen (secondary N) is 1. The van der Waals surface area contributed by atoms with Crippen molar-refractivity contribution < 1.29 is 14.6 Å². The van der Waals surface area contributed by atoms with Gasteiger partial charge in [-0.2, -0.15) is 0 Å². The van der Waals surface area contributed by atoms with E-state index in [-0.39, 0.29) is 6.03 Å². The number of fused-ring (bicyclic) bond motifs is 1. The highest BCUT2D eigenvalue weighted by molar-refractivity contribution is 5.74. The molecule has 7 heteroatoms. The third-order valence-corrected chi connectivity index (χ3v) is 4.64. The number of amides is 2. The van der Waals surface area contributed by atoms with Crippen LogP contribution in [0.15, 0.2) is 6.20 Å². The number of β-amino-alcohol motifs (C(OH)–C–C–N with tert-alkyl or cyclic N) is 1. The number of aromatic nitrogens is 2. The SMILES string of the molecule is CCC1(O)CCCN(C(=O)NCc2ncc3c(n2)CCOC3)C1. The van der Waals surface area contributed by atoms with Crippen LogP contribution < -0.4 is 5.32 Å². The van der Waals surface area contributed by atoms with E-state index in [0.29, 0.717) is 45.1 Å². The average Bonchev–Trinajstić information content (AvgIpc) is 2.59. The second-order valence-corrected chi connectivity index (χ2v) is 6.32. The molecule has 0 spiro atoms. The van der Waals surface area contributed by atoms with Gasteiger partial charge in [-0.25, -0.2) is 14.8 Å². The van der Waals surface area contributed by atoms with Crippen molar-refractivity contribution in [3.8, 4) is 0 Å². The zero-order valence-electron chi connectivity index (χ0n) is 13.5. The van der Waals surface area contributed by atoms with E-state index < -0.39 is 5.60 Å². The fourth-order valence-electron chi connectivity index (χ4n) is 3.10. The minimum Gasteiger partial charge on any atom is -0.388 e. The molecule has 23 heavy (non-hydrogen) atoms. The lowest BCUT2D eigenvalue weighted by atomic mass is 9.90. The maximum atomic E-state index is 12.3. The van der Waals surface area contributed by atoms with Gasteiger partial charge in [-0.3, -0.25) is 0 Å². The molecule has 7 nitrogen and oxygen atoms in total. The fourth-order valence-corrected chi connectivity index (χ4v) is 3.10. The Balaban J connectivity index is 1.56. The molecule has 126 valence electrons. The molecule has 0 aromatic carbocycles. The molecule has 1 atom stereocenters. The molecule has 2 aliphatic rings. The predicted octanol–water partition coefficient (Wildman–Crippen LogP) is 0.996. The van der Waals surface area contributed by atoms with E-state index in [9.17, 15) is 9.90 Å². The predicted molar refractivity (Wildman–Crippen MR) is 83.7 cm³/mol. The van der Waals surface area contributed by atoms with Gasteiger partial charge in [0, 0.05) is 24.7 Å². The van der Waals surface area contributed by atoms with E-state index >= 15 is 0 Å². The van der Waals surface area contributed by atoms with Crippen LogP contribution in [-0.4, -0.2) is 51.3 Å². The largest absolute Gasteiger partial charge is 0.388 e. The van der Waals surface area contributed by atoms with Crippen LogP contribution in [0.2, 0.25) is 0 Å². The lowest BCUT2D eigenvalue weighted by Gasteiger charge is -2.38. The smallest absolute Gasteiger partial charge is 0.317 e. The number of carbonyl (C=O) groups is 1. The molecule has 0 aliphatic carbocycles. The molecule has 0 saturated carbocycles. The second kappa shape index (κ2) is 6.80.